The predicted octanol–water partition coefficient (Wildman–Crippen LogP) is 5.99. The molecule has 0 radical (unpaired) electrons. The van der Waals surface area contributed by atoms with E-state index in [-0.39, 0.29) is 12.5 Å². The fourth-order valence-electron chi connectivity index (χ4n) is 4.52. The summed E-state index contributed by atoms with van der Waals surface area (Å²) in [6, 6.07) is 11.8. The van der Waals surface area contributed by atoms with Crippen LogP contribution in [0.3, 0.4) is 0 Å². The zero-order valence-corrected chi connectivity index (χ0v) is 20.3. The molecule has 2 N–H and O–H groups in total. The molecule has 1 aliphatic rings. The van der Waals surface area contributed by atoms with Crippen LogP contribution in [0, 0.1) is 19.8 Å². The first kappa shape index (κ1) is 25.8. The van der Waals surface area contributed by atoms with E-state index in [9.17, 15) is 18.0 Å². The molecule has 1 aliphatic carbocycles. The number of aliphatic carboxylic acids is 1. The molecule has 4 rings (SSSR count). The molecular formula is C27H30F3N3O3. The summed E-state index contributed by atoms with van der Waals surface area (Å²) in [5.41, 5.74) is 3.50. The number of hydrogen-bond donors (Lipinski definition) is 2. The van der Waals surface area contributed by atoms with Crippen molar-refractivity contribution in [2.24, 2.45) is 5.92 Å². The first-order valence-corrected chi connectivity index (χ1v) is 12.0. The summed E-state index contributed by atoms with van der Waals surface area (Å²) in [4.78, 5) is 10.6. The highest BCUT2D eigenvalue weighted by atomic mass is 19.4. The van der Waals surface area contributed by atoms with Crippen molar-refractivity contribution in [3.63, 3.8) is 0 Å². The number of halogens is 3. The Morgan fingerprint density at radius 2 is 1.86 bits per heavy atom. The standard InChI is InChI=1S/C27H30F3N3O3/c1-17-12-23(13-18(2)25(17)33-16-22(15-32-33)27(28,29)30)36-26(20-4-3-5-20)21-8-6-19(7-9-21)14-31-11-10-24(34)35/h6-9,12-13,15-16,20,26,31H,3-5,10-11,14H2,1-2H3,(H,34,35). The molecule has 1 saturated carbocycles. The molecule has 0 spiro atoms. The van der Waals surface area contributed by atoms with Crippen molar-refractivity contribution in [2.75, 3.05) is 6.54 Å². The van der Waals surface area contributed by atoms with Crippen LogP contribution in [-0.4, -0.2) is 27.4 Å². The number of carboxylic acid groups (broad SMARTS) is 1. The Morgan fingerprint density at radius 1 is 1.19 bits per heavy atom. The van der Waals surface area contributed by atoms with Crippen molar-refractivity contribution in [3.8, 4) is 11.4 Å². The minimum absolute atomic E-state index is 0.0805. The Kier molecular flexibility index (Phi) is 7.68. The summed E-state index contributed by atoms with van der Waals surface area (Å²) in [5, 5.41) is 15.8. The Morgan fingerprint density at radius 3 is 2.39 bits per heavy atom. The Hall–Kier alpha value is -3.33. The van der Waals surface area contributed by atoms with Gasteiger partial charge in [-0.3, -0.25) is 4.79 Å². The second kappa shape index (κ2) is 10.7. The average Bonchev–Trinajstić information content (AvgIpc) is 3.25. The number of aryl methyl sites for hydroxylation is 2. The molecule has 9 heteroatoms. The normalized spacial score (nSPS) is 14.9. The molecule has 1 fully saturated rings. The van der Waals surface area contributed by atoms with Gasteiger partial charge in [-0.15, -0.1) is 0 Å². The number of benzene rings is 2. The number of carbonyl (C=O) groups is 1. The van der Waals surface area contributed by atoms with Crippen LogP contribution in [0.4, 0.5) is 13.2 Å². The predicted molar refractivity (Wildman–Crippen MR) is 129 cm³/mol. The van der Waals surface area contributed by atoms with Gasteiger partial charge in [0.05, 0.1) is 23.9 Å². The summed E-state index contributed by atoms with van der Waals surface area (Å²) < 4.78 is 46.9. The van der Waals surface area contributed by atoms with Gasteiger partial charge in [-0.05, 0) is 61.1 Å². The lowest BCUT2D eigenvalue weighted by Crippen LogP contribution is -2.25. The fourth-order valence-corrected chi connectivity index (χ4v) is 4.52. The summed E-state index contributed by atoms with van der Waals surface area (Å²) in [6.07, 6.45) is 0.666. The van der Waals surface area contributed by atoms with E-state index >= 15 is 0 Å². The number of aromatic nitrogens is 2. The summed E-state index contributed by atoms with van der Waals surface area (Å²) >= 11 is 0. The molecular weight excluding hydrogens is 471 g/mol. The van der Waals surface area contributed by atoms with Gasteiger partial charge in [-0.2, -0.15) is 18.3 Å². The van der Waals surface area contributed by atoms with Crippen molar-refractivity contribution in [3.05, 3.63) is 76.6 Å². The Labute approximate surface area is 208 Å². The lowest BCUT2D eigenvalue weighted by molar-refractivity contribution is -0.138. The van der Waals surface area contributed by atoms with Crippen LogP contribution in [0.1, 0.15) is 59.6 Å². The van der Waals surface area contributed by atoms with Crippen molar-refractivity contribution < 1.29 is 27.8 Å². The lowest BCUT2D eigenvalue weighted by atomic mass is 9.78. The molecule has 3 aromatic rings. The smallest absolute Gasteiger partial charge is 0.419 e. The maximum Gasteiger partial charge on any atom is 0.419 e. The molecule has 1 atom stereocenters. The number of nitrogens with one attached hydrogen (secondary N) is 1. The molecule has 192 valence electrons. The SMILES string of the molecule is Cc1cc(OC(c2ccc(CNCCC(=O)O)cc2)C2CCC2)cc(C)c1-n1cc(C(F)(F)F)cn1. The van der Waals surface area contributed by atoms with Crippen molar-refractivity contribution in [1.82, 2.24) is 15.1 Å². The zero-order valence-electron chi connectivity index (χ0n) is 20.3. The van der Waals surface area contributed by atoms with Crippen LogP contribution in [0.5, 0.6) is 5.75 Å². The van der Waals surface area contributed by atoms with Gasteiger partial charge in [0.25, 0.3) is 0 Å². The van der Waals surface area contributed by atoms with E-state index in [2.05, 4.69) is 10.4 Å². The van der Waals surface area contributed by atoms with Crippen LogP contribution in [0.15, 0.2) is 48.8 Å². The largest absolute Gasteiger partial charge is 0.485 e. The number of rotatable bonds is 10. The quantitative estimate of drug-likeness (QED) is 0.334. The number of nitrogens with zero attached hydrogens (tertiary/aromatic N) is 2. The van der Waals surface area contributed by atoms with E-state index < -0.39 is 17.7 Å². The number of alkyl halides is 3. The number of ether oxygens (including phenoxy) is 1. The van der Waals surface area contributed by atoms with E-state index in [0.717, 1.165) is 53.9 Å². The highest BCUT2D eigenvalue weighted by Crippen LogP contribution is 2.41. The molecule has 1 heterocycles. The zero-order chi connectivity index (χ0) is 25.9. The van der Waals surface area contributed by atoms with Gasteiger partial charge in [0.2, 0.25) is 0 Å². The number of carboxylic acids is 1. The van der Waals surface area contributed by atoms with E-state index in [1.54, 1.807) is 0 Å². The fraction of sp³-hybridized carbons (Fsp3) is 0.407. The third-order valence-corrected chi connectivity index (χ3v) is 6.60. The van der Waals surface area contributed by atoms with Crippen LogP contribution in [0.2, 0.25) is 0 Å². The number of hydrogen-bond acceptors (Lipinski definition) is 4. The van der Waals surface area contributed by atoms with Crippen LogP contribution in [0.25, 0.3) is 5.69 Å². The molecule has 6 nitrogen and oxygen atoms in total. The van der Waals surface area contributed by atoms with Crippen LogP contribution >= 0.6 is 0 Å². The van der Waals surface area contributed by atoms with E-state index in [0.29, 0.717) is 30.4 Å². The minimum Gasteiger partial charge on any atom is -0.485 e. The third-order valence-electron chi connectivity index (χ3n) is 6.60. The second-order valence-corrected chi connectivity index (χ2v) is 9.37. The summed E-state index contributed by atoms with van der Waals surface area (Å²) in [6.45, 7) is 4.69. The molecule has 2 aromatic carbocycles. The van der Waals surface area contributed by atoms with Gasteiger partial charge < -0.3 is 15.2 Å². The van der Waals surface area contributed by atoms with E-state index in [1.165, 1.54) is 4.68 Å². The minimum atomic E-state index is -4.44. The van der Waals surface area contributed by atoms with Crippen LogP contribution in [-0.2, 0) is 17.5 Å². The second-order valence-electron chi connectivity index (χ2n) is 9.37. The topological polar surface area (TPSA) is 76.4 Å². The Bertz CT molecular complexity index is 1180. The molecule has 0 amide bonds. The first-order valence-electron chi connectivity index (χ1n) is 12.0. The maximum absolute atomic E-state index is 13.0. The Balaban J connectivity index is 1.50. The maximum atomic E-state index is 13.0. The molecule has 0 saturated heterocycles. The molecule has 0 aliphatic heterocycles. The van der Waals surface area contributed by atoms with E-state index in [4.69, 9.17) is 9.84 Å². The molecule has 1 unspecified atom stereocenters. The summed E-state index contributed by atoms with van der Waals surface area (Å²) in [7, 11) is 0. The van der Waals surface area contributed by atoms with Crippen molar-refractivity contribution >= 4 is 5.97 Å². The highest BCUT2D eigenvalue weighted by Gasteiger charge is 2.33. The molecule has 1 aromatic heterocycles. The van der Waals surface area contributed by atoms with Crippen LogP contribution < -0.4 is 10.1 Å². The van der Waals surface area contributed by atoms with Gasteiger partial charge in [-0.25, -0.2) is 4.68 Å². The monoisotopic (exact) mass is 501 g/mol. The summed E-state index contributed by atoms with van der Waals surface area (Å²) in [5.74, 6) is 0.242. The average molecular weight is 502 g/mol. The van der Waals surface area contributed by atoms with Gasteiger partial charge in [0.15, 0.2) is 0 Å². The van der Waals surface area contributed by atoms with E-state index in [1.807, 2.05) is 50.2 Å². The van der Waals surface area contributed by atoms with Gasteiger partial charge in [0, 0.05) is 25.2 Å². The highest BCUT2D eigenvalue weighted by molar-refractivity contribution is 5.66. The lowest BCUT2D eigenvalue weighted by Gasteiger charge is -2.34. The van der Waals surface area contributed by atoms with Gasteiger partial charge in [0.1, 0.15) is 11.9 Å². The first-order chi connectivity index (χ1) is 17.1. The van der Waals surface area contributed by atoms with Gasteiger partial charge >= 0.3 is 12.1 Å². The van der Waals surface area contributed by atoms with Gasteiger partial charge in [-0.1, -0.05) is 30.7 Å². The van der Waals surface area contributed by atoms with Crippen molar-refractivity contribution in [1.29, 1.82) is 0 Å². The molecule has 36 heavy (non-hydrogen) atoms. The third kappa shape index (κ3) is 6.07. The molecule has 0 bridgehead atoms. The van der Waals surface area contributed by atoms with Crippen molar-refractivity contribution in [2.45, 2.75) is 58.4 Å².